The predicted molar refractivity (Wildman–Crippen MR) is 114 cm³/mol. The summed E-state index contributed by atoms with van der Waals surface area (Å²) in [5, 5.41) is 17.0. The molecular formula is C23H24N4O2. The lowest BCUT2D eigenvalue weighted by molar-refractivity contribution is 0.127. The number of aromatic nitrogens is 3. The Labute approximate surface area is 168 Å². The Kier molecular flexibility index (Phi) is 4.66. The molecule has 0 saturated carbocycles. The smallest absolute Gasteiger partial charge is 0.348 e. The molecule has 0 bridgehead atoms. The van der Waals surface area contributed by atoms with E-state index in [2.05, 4.69) is 39.4 Å². The summed E-state index contributed by atoms with van der Waals surface area (Å²) in [4.78, 5) is 14.6. The second-order valence-electron chi connectivity index (χ2n) is 7.90. The van der Waals surface area contributed by atoms with Crippen molar-refractivity contribution in [3.63, 3.8) is 0 Å². The number of nitrogens with zero attached hydrogens (tertiary/aromatic N) is 3. The number of benzene rings is 2. The summed E-state index contributed by atoms with van der Waals surface area (Å²) in [5.74, 6) is 0.464. The van der Waals surface area contributed by atoms with Crippen LogP contribution in [0.3, 0.4) is 0 Å². The lowest BCUT2D eigenvalue weighted by Crippen LogP contribution is -2.34. The zero-order chi connectivity index (χ0) is 19.8. The van der Waals surface area contributed by atoms with E-state index >= 15 is 0 Å². The number of aromatic amines is 1. The molecule has 29 heavy (non-hydrogen) atoms. The number of hydrogen-bond acceptors (Lipinski definition) is 4. The first-order valence-corrected chi connectivity index (χ1v) is 10.1. The number of piperidine rings is 1. The first-order chi connectivity index (χ1) is 14.2. The van der Waals surface area contributed by atoms with Gasteiger partial charge in [0.2, 0.25) is 0 Å². The molecule has 6 heteroatoms. The minimum Gasteiger partial charge on any atom is -0.396 e. The average molecular weight is 388 g/mol. The molecule has 2 N–H and O–H groups in total. The van der Waals surface area contributed by atoms with Gasteiger partial charge in [0.25, 0.3) is 0 Å². The third kappa shape index (κ3) is 3.34. The summed E-state index contributed by atoms with van der Waals surface area (Å²) in [6.07, 6.45) is 2.15. The van der Waals surface area contributed by atoms with E-state index in [0.717, 1.165) is 54.5 Å². The molecule has 1 aliphatic rings. The largest absolute Gasteiger partial charge is 0.396 e. The highest BCUT2D eigenvalue weighted by atomic mass is 16.3. The van der Waals surface area contributed by atoms with E-state index in [1.807, 2.05) is 30.3 Å². The van der Waals surface area contributed by atoms with Crippen molar-refractivity contribution >= 4 is 16.6 Å². The van der Waals surface area contributed by atoms with Crippen LogP contribution in [0.4, 0.5) is 0 Å². The van der Waals surface area contributed by atoms with E-state index in [-0.39, 0.29) is 5.69 Å². The number of para-hydroxylation sites is 1. The normalized spacial score (nSPS) is 16.0. The third-order valence-electron chi connectivity index (χ3n) is 6.04. The first-order valence-electron chi connectivity index (χ1n) is 10.1. The number of pyridine rings is 1. The highest BCUT2D eigenvalue weighted by Crippen LogP contribution is 2.30. The van der Waals surface area contributed by atoms with Gasteiger partial charge in [-0.15, -0.1) is 0 Å². The molecule has 1 saturated heterocycles. The van der Waals surface area contributed by atoms with Crippen molar-refractivity contribution in [1.82, 2.24) is 19.5 Å². The maximum Gasteiger partial charge on any atom is 0.348 e. The van der Waals surface area contributed by atoms with Crippen molar-refractivity contribution in [2.24, 2.45) is 5.92 Å². The van der Waals surface area contributed by atoms with Crippen LogP contribution in [0.1, 0.15) is 18.4 Å². The van der Waals surface area contributed by atoms with Crippen LogP contribution in [0.2, 0.25) is 0 Å². The molecule has 2 aromatic carbocycles. The van der Waals surface area contributed by atoms with Crippen LogP contribution in [-0.4, -0.2) is 44.3 Å². The van der Waals surface area contributed by atoms with Crippen LogP contribution >= 0.6 is 0 Å². The van der Waals surface area contributed by atoms with Gasteiger partial charge in [0.05, 0.1) is 5.52 Å². The monoisotopic (exact) mass is 388 g/mol. The van der Waals surface area contributed by atoms with E-state index in [4.69, 9.17) is 0 Å². The number of H-pyrrole nitrogens is 1. The summed E-state index contributed by atoms with van der Waals surface area (Å²) in [6, 6.07) is 18.6. The zero-order valence-corrected chi connectivity index (χ0v) is 16.2. The summed E-state index contributed by atoms with van der Waals surface area (Å²) < 4.78 is 1.61. The van der Waals surface area contributed by atoms with Gasteiger partial charge in [-0.2, -0.15) is 5.10 Å². The molecule has 1 fully saturated rings. The molecule has 0 amide bonds. The van der Waals surface area contributed by atoms with Gasteiger partial charge in [-0.25, -0.2) is 14.3 Å². The molecule has 0 aliphatic carbocycles. The van der Waals surface area contributed by atoms with Gasteiger partial charge < -0.3 is 5.11 Å². The van der Waals surface area contributed by atoms with Gasteiger partial charge in [-0.05, 0) is 60.7 Å². The molecule has 5 rings (SSSR count). The maximum absolute atomic E-state index is 12.1. The molecule has 2 aromatic heterocycles. The van der Waals surface area contributed by atoms with Gasteiger partial charge >= 0.3 is 5.69 Å². The lowest BCUT2D eigenvalue weighted by atomic mass is 9.97. The molecule has 1 aliphatic heterocycles. The number of aliphatic hydroxyl groups excluding tert-OH is 1. The number of nitrogens with one attached hydrogen (secondary N) is 1. The molecular weight excluding hydrogens is 364 g/mol. The zero-order valence-electron chi connectivity index (χ0n) is 16.2. The fourth-order valence-corrected chi connectivity index (χ4v) is 4.36. The van der Waals surface area contributed by atoms with E-state index in [1.165, 1.54) is 5.56 Å². The Hall–Kier alpha value is -2.96. The molecule has 3 heterocycles. The predicted octanol–water partition coefficient (Wildman–Crippen LogP) is 3.05. The van der Waals surface area contributed by atoms with Gasteiger partial charge in [0.15, 0.2) is 5.65 Å². The van der Waals surface area contributed by atoms with Crippen molar-refractivity contribution in [3.05, 3.63) is 70.6 Å². The first kappa shape index (κ1) is 18.1. The quantitative estimate of drug-likeness (QED) is 0.564. The fraction of sp³-hybridized carbons (Fsp3) is 0.304. The highest BCUT2D eigenvalue weighted by molar-refractivity contribution is 5.97. The number of hydrogen-bond donors (Lipinski definition) is 2. The molecule has 0 atom stereocenters. The topological polar surface area (TPSA) is 73.6 Å². The molecule has 4 aromatic rings. The van der Waals surface area contributed by atoms with Gasteiger partial charge in [0.1, 0.15) is 0 Å². The SMILES string of the molecule is O=c1[nH]nc2cc(-c3ccc(CN4CCC(CO)CC4)cc3)c3ccccc3n12. The number of fused-ring (bicyclic) bond motifs is 3. The van der Waals surface area contributed by atoms with Crippen molar-refractivity contribution in [2.45, 2.75) is 19.4 Å². The van der Waals surface area contributed by atoms with Crippen molar-refractivity contribution in [3.8, 4) is 11.1 Å². The summed E-state index contributed by atoms with van der Waals surface area (Å²) in [5.41, 5.74) is 4.74. The third-order valence-corrected chi connectivity index (χ3v) is 6.04. The highest BCUT2D eigenvalue weighted by Gasteiger charge is 2.18. The van der Waals surface area contributed by atoms with E-state index < -0.39 is 0 Å². The number of aliphatic hydroxyl groups is 1. The Morgan fingerprint density at radius 3 is 2.59 bits per heavy atom. The standard InChI is InChI=1S/C23H24N4O2/c28-15-17-9-11-26(12-10-17)14-16-5-7-18(8-6-16)20-13-22-24-25-23(29)27(22)21-4-2-1-3-19(20)21/h1-8,13,17,28H,9-12,14-15H2,(H,25,29). The summed E-state index contributed by atoms with van der Waals surface area (Å²) in [6.45, 7) is 3.33. The van der Waals surface area contributed by atoms with Crippen LogP contribution in [0.5, 0.6) is 0 Å². The lowest BCUT2D eigenvalue weighted by Gasteiger charge is -2.31. The van der Waals surface area contributed by atoms with E-state index in [0.29, 0.717) is 18.2 Å². The van der Waals surface area contributed by atoms with Crippen LogP contribution in [0, 0.1) is 5.92 Å². The fourth-order valence-electron chi connectivity index (χ4n) is 4.36. The maximum atomic E-state index is 12.1. The Morgan fingerprint density at radius 1 is 1.07 bits per heavy atom. The minimum atomic E-state index is -0.219. The van der Waals surface area contributed by atoms with Crippen LogP contribution in [-0.2, 0) is 6.54 Å². The van der Waals surface area contributed by atoms with Gasteiger partial charge in [-0.1, -0.05) is 42.5 Å². The Bertz CT molecular complexity index is 1200. The van der Waals surface area contributed by atoms with Gasteiger partial charge in [-0.3, -0.25) is 4.90 Å². The van der Waals surface area contributed by atoms with Crippen molar-refractivity contribution in [1.29, 1.82) is 0 Å². The van der Waals surface area contributed by atoms with Crippen LogP contribution < -0.4 is 5.69 Å². The molecule has 148 valence electrons. The average Bonchev–Trinajstić information content (AvgIpc) is 3.15. The minimum absolute atomic E-state index is 0.219. The van der Waals surface area contributed by atoms with E-state index in [1.54, 1.807) is 4.40 Å². The second-order valence-corrected chi connectivity index (χ2v) is 7.90. The Morgan fingerprint density at radius 2 is 1.83 bits per heavy atom. The molecule has 6 nitrogen and oxygen atoms in total. The summed E-state index contributed by atoms with van der Waals surface area (Å²) >= 11 is 0. The second kappa shape index (κ2) is 7.46. The Balaban J connectivity index is 1.45. The van der Waals surface area contributed by atoms with Gasteiger partial charge in [0, 0.05) is 18.5 Å². The van der Waals surface area contributed by atoms with Crippen molar-refractivity contribution in [2.75, 3.05) is 19.7 Å². The molecule has 0 radical (unpaired) electrons. The van der Waals surface area contributed by atoms with Crippen molar-refractivity contribution < 1.29 is 5.11 Å². The molecule has 0 unspecified atom stereocenters. The van der Waals surface area contributed by atoms with Crippen LogP contribution in [0.15, 0.2) is 59.4 Å². The number of likely N-dealkylation sites (tertiary alicyclic amines) is 1. The summed E-state index contributed by atoms with van der Waals surface area (Å²) in [7, 11) is 0. The van der Waals surface area contributed by atoms with E-state index in [9.17, 15) is 9.90 Å². The molecule has 0 spiro atoms. The van der Waals surface area contributed by atoms with Crippen LogP contribution in [0.25, 0.3) is 27.7 Å². The number of rotatable bonds is 4.